The summed E-state index contributed by atoms with van der Waals surface area (Å²) in [5.41, 5.74) is 0.889. The van der Waals surface area contributed by atoms with Crippen LogP contribution in [-0.4, -0.2) is 99.2 Å². The van der Waals surface area contributed by atoms with Gasteiger partial charge in [0.25, 0.3) is 5.91 Å². The Morgan fingerprint density at radius 1 is 1.16 bits per heavy atom. The van der Waals surface area contributed by atoms with Gasteiger partial charge in [0.15, 0.2) is 11.4 Å². The zero-order valence-electron chi connectivity index (χ0n) is 21.1. The summed E-state index contributed by atoms with van der Waals surface area (Å²) in [4.78, 5) is 52.5. The number of nitrogens with two attached hydrogens (primary N) is 1. The highest BCUT2D eigenvalue weighted by Crippen LogP contribution is 2.56. The van der Waals surface area contributed by atoms with Crippen LogP contribution in [0.5, 0.6) is 5.75 Å². The van der Waals surface area contributed by atoms with E-state index in [1.807, 2.05) is 0 Å². The van der Waals surface area contributed by atoms with Crippen molar-refractivity contribution >= 4 is 34.8 Å². The zero-order valence-corrected chi connectivity index (χ0v) is 21.1. The zero-order chi connectivity index (χ0) is 28.4. The topological polar surface area (TPSA) is 223 Å². The molecular formula is C25H30N4O9. The minimum absolute atomic E-state index is 0.0584. The number of nitrogens with zero attached hydrogens (tertiary/aromatic N) is 1. The lowest BCUT2D eigenvalue weighted by molar-refractivity contribution is -0.169. The third kappa shape index (κ3) is 3.54. The fraction of sp³-hybridized carbons (Fsp3) is 0.440. The number of hydrogen-bond acceptors (Lipinski definition) is 11. The van der Waals surface area contributed by atoms with E-state index < -0.39 is 87.3 Å². The van der Waals surface area contributed by atoms with E-state index in [2.05, 4.69) is 10.6 Å². The van der Waals surface area contributed by atoms with E-state index in [0.29, 0.717) is 5.56 Å². The second-order valence-corrected chi connectivity index (χ2v) is 10.1. The van der Waals surface area contributed by atoms with Crippen LogP contribution in [0.15, 0.2) is 29.0 Å². The molecule has 3 aliphatic carbocycles. The lowest BCUT2D eigenvalue weighted by Gasteiger charge is -2.53. The standard InChI is InChI=1S/C25H30N4O9/c1-8-9-5-6-10(28-11(30)7-27-2)18(31)13(9)19(32)14-12(8)20(33)16-17(29(3)4)21(34)15(24(26)37)23(36)25(16,38)22(14)35/h5-6,8,12,16-17,20,27,31-33,36,38H,7H2,1-4H3,(H2,26,37)(H,28,30)/t8?,12?,16?,17-,20?,25-/m0/s1. The number of phenols is 1. The molecular weight excluding hydrogens is 500 g/mol. The first-order chi connectivity index (χ1) is 17.7. The molecule has 13 nitrogen and oxygen atoms in total. The summed E-state index contributed by atoms with van der Waals surface area (Å²) in [6.07, 6.45) is -1.68. The molecule has 0 radical (unpaired) electrons. The summed E-state index contributed by atoms with van der Waals surface area (Å²) in [6.45, 7) is 1.55. The Bertz CT molecular complexity index is 1330. The van der Waals surface area contributed by atoms with Crippen molar-refractivity contribution in [3.8, 4) is 5.75 Å². The van der Waals surface area contributed by atoms with Crippen LogP contribution in [0.1, 0.15) is 24.0 Å². The molecule has 13 heteroatoms. The Morgan fingerprint density at radius 2 is 1.79 bits per heavy atom. The van der Waals surface area contributed by atoms with Crippen molar-refractivity contribution in [3.05, 3.63) is 40.2 Å². The van der Waals surface area contributed by atoms with Gasteiger partial charge in [0.1, 0.15) is 22.8 Å². The maximum absolute atomic E-state index is 13.9. The number of anilines is 1. The number of amides is 2. The Morgan fingerprint density at radius 3 is 2.34 bits per heavy atom. The highest BCUT2D eigenvalue weighted by Gasteiger charge is 2.68. The normalized spacial score (nSPS) is 30.7. The fourth-order valence-electron chi connectivity index (χ4n) is 6.07. The second kappa shape index (κ2) is 9.20. The largest absolute Gasteiger partial charge is 0.508 e. The average Bonchev–Trinajstić information content (AvgIpc) is 2.82. The summed E-state index contributed by atoms with van der Waals surface area (Å²) in [7, 11) is 4.42. The van der Waals surface area contributed by atoms with Gasteiger partial charge in [-0.3, -0.25) is 24.1 Å². The predicted molar refractivity (Wildman–Crippen MR) is 133 cm³/mol. The van der Waals surface area contributed by atoms with Crippen molar-refractivity contribution < 1.29 is 44.7 Å². The third-order valence-corrected chi connectivity index (χ3v) is 7.74. The summed E-state index contributed by atoms with van der Waals surface area (Å²) < 4.78 is 0. The van der Waals surface area contributed by atoms with E-state index in [1.165, 1.54) is 31.1 Å². The van der Waals surface area contributed by atoms with Gasteiger partial charge in [0.05, 0.1) is 35.9 Å². The lowest BCUT2D eigenvalue weighted by atomic mass is 9.54. The van der Waals surface area contributed by atoms with Gasteiger partial charge in [-0.25, -0.2) is 0 Å². The van der Waals surface area contributed by atoms with Gasteiger partial charge in [0.2, 0.25) is 11.7 Å². The monoisotopic (exact) mass is 530 g/mol. The van der Waals surface area contributed by atoms with Crippen molar-refractivity contribution in [2.75, 3.05) is 33.0 Å². The molecule has 0 spiro atoms. The van der Waals surface area contributed by atoms with Gasteiger partial charge in [-0.05, 0) is 38.7 Å². The summed E-state index contributed by atoms with van der Waals surface area (Å²) in [6, 6.07) is 1.50. The third-order valence-electron chi connectivity index (χ3n) is 7.74. The number of benzene rings is 1. The van der Waals surface area contributed by atoms with Crippen LogP contribution in [0, 0.1) is 11.8 Å². The maximum atomic E-state index is 13.9. The van der Waals surface area contributed by atoms with Crippen LogP contribution in [-0.2, 0) is 19.2 Å². The molecule has 0 bridgehead atoms. The number of fused-ring (bicyclic) bond motifs is 3. The van der Waals surface area contributed by atoms with Crippen molar-refractivity contribution in [3.63, 3.8) is 0 Å². The van der Waals surface area contributed by atoms with Crippen molar-refractivity contribution in [1.29, 1.82) is 0 Å². The first-order valence-electron chi connectivity index (χ1n) is 11.8. The van der Waals surface area contributed by atoms with E-state index >= 15 is 0 Å². The van der Waals surface area contributed by atoms with Crippen LogP contribution in [0.3, 0.4) is 0 Å². The number of rotatable bonds is 5. The van der Waals surface area contributed by atoms with Crippen LogP contribution < -0.4 is 16.4 Å². The van der Waals surface area contributed by atoms with E-state index in [-0.39, 0.29) is 17.8 Å². The molecule has 1 aromatic rings. The SMILES string of the molecule is CNCC(=O)Nc1ccc2c(c1O)C(O)=C1C(=O)[C@]3(O)C(O)=C(C(N)=O)C(=O)[C@@H](N(C)C)C3C(O)C1C2C. The minimum atomic E-state index is -2.99. The Hall–Kier alpha value is -3.78. The number of nitrogens with one attached hydrogen (secondary N) is 2. The van der Waals surface area contributed by atoms with E-state index in [0.717, 1.165) is 0 Å². The summed E-state index contributed by atoms with van der Waals surface area (Å²) in [5, 5.41) is 61.5. The van der Waals surface area contributed by atoms with Gasteiger partial charge in [0, 0.05) is 11.5 Å². The van der Waals surface area contributed by atoms with Crippen LogP contribution in [0.4, 0.5) is 5.69 Å². The van der Waals surface area contributed by atoms with Crippen LogP contribution in [0.25, 0.3) is 5.76 Å². The number of ketones is 2. The number of Topliss-reactive ketones (excluding diaryl/α,β-unsaturated/α-hetero) is 2. The van der Waals surface area contributed by atoms with Gasteiger partial charge in [-0.1, -0.05) is 13.0 Å². The highest BCUT2D eigenvalue weighted by atomic mass is 16.4. The number of primary amides is 1. The summed E-state index contributed by atoms with van der Waals surface area (Å²) >= 11 is 0. The Kier molecular flexibility index (Phi) is 6.60. The number of likely N-dealkylation sites (N-methyl/N-ethyl adjacent to an activating group) is 2. The number of carbonyl (C=O) groups excluding carboxylic acids is 4. The van der Waals surface area contributed by atoms with Gasteiger partial charge >= 0.3 is 0 Å². The molecule has 3 aliphatic rings. The molecule has 204 valence electrons. The van der Waals surface area contributed by atoms with Gasteiger partial charge in [-0.2, -0.15) is 0 Å². The molecule has 4 unspecified atom stereocenters. The maximum Gasteiger partial charge on any atom is 0.255 e. The average molecular weight is 531 g/mol. The van der Waals surface area contributed by atoms with E-state index in [1.54, 1.807) is 14.0 Å². The molecule has 0 heterocycles. The van der Waals surface area contributed by atoms with Gasteiger partial charge < -0.3 is 41.9 Å². The minimum Gasteiger partial charge on any atom is -0.508 e. The molecule has 4 rings (SSSR count). The lowest BCUT2D eigenvalue weighted by Crippen LogP contribution is -2.70. The molecule has 1 fully saturated rings. The predicted octanol–water partition coefficient (Wildman–Crippen LogP) is -1.35. The van der Waals surface area contributed by atoms with Crippen LogP contribution >= 0.6 is 0 Å². The molecule has 0 saturated heterocycles. The number of aliphatic hydroxyl groups excluding tert-OH is 3. The van der Waals surface area contributed by atoms with Gasteiger partial charge in [-0.15, -0.1) is 0 Å². The van der Waals surface area contributed by atoms with Crippen molar-refractivity contribution in [1.82, 2.24) is 10.2 Å². The van der Waals surface area contributed by atoms with E-state index in [4.69, 9.17) is 5.73 Å². The van der Waals surface area contributed by atoms with Crippen molar-refractivity contribution in [2.24, 2.45) is 17.6 Å². The first kappa shape index (κ1) is 27.3. The fourth-order valence-corrected chi connectivity index (χ4v) is 6.07. The number of aromatic hydroxyl groups is 1. The number of phenolic OH excluding ortho intramolecular Hbond substituents is 1. The molecule has 9 N–H and O–H groups in total. The Labute approximate surface area is 217 Å². The first-order valence-corrected chi connectivity index (χ1v) is 11.8. The number of aliphatic hydroxyl groups is 4. The van der Waals surface area contributed by atoms with Crippen molar-refractivity contribution in [2.45, 2.75) is 30.6 Å². The molecule has 2 amide bonds. The number of carbonyl (C=O) groups is 4. The number of hydrogen-bond donors (Lipinski definition) is 8. The second-order valence-electron chi connectivity index (χ2n) is 10.1. The quantitative estimate of drug-likeness (QED) is 0.164. The van der Waals surface area contributed by atoms with Crippen LogP contribution in [0.2, 0.25) is 0 Å². The van der Waals surface area contributed by atoms with E-state index in [9.17, 15) is 44.7 Å². The molecule has 0 aliphatic heterocycles. The molecule has 0 aromatic heterocycles. The molecule has 6 atom stereocenters. The molecule has 1 saturated carbocycles. The molecule has 1 aromatic carbocycles. The Balaban J connectivity index is 1.98. The smallest absolute Gasteiger partial charge is 0.255 e. The highest BCUT2D eigenvalue weighted by molar-refractivity contribution is 6.24. The molecule has 38 heavy (non-hydrogen) atoms. The summed E-state index contributed by atoms with van der Waals surface area (Å²) in [5.74, 6) is -10.3.